The van der Waals surface area contributed by atoms with E-state index in [1.807, 2.05) is 48.2 Å². The van der Waals surface area contributed by atoms with E-state index in [0.29, 0.717) is 5.92 Å². The molecule has 1 saturated carbocycles. The van der Waals surface area contributed by atoms with Crippen molar-refractivity contribution in [3.05, 3.63) is 46.8 Å². The maximum Gasteiger partial charge on any atom is 0.253 e. The van der Waals surface area contributed by atoms with Crippen LogP contribution in [0.25, 0.3) is 0 Å². The lowest BCUT2D eigenvalue weighted by Crippen LogP contribution is -2.33. The Bertz CT molecular complexity index is 760. The van der Waals surface area contributed by atoms with E-state index in [4.69, 9.17) is 0 Å². The van der Waals surface area contributed by atoms with Gasteiger partial charge in [-0.1, -0.05) is 6.07 Å². The maximum absolute atomic E-state index is 12.9. The largest absolute Gasteiger partial charge is 0.378 e. The van der Waals surface area contributed by atoms with Gasteiger partial charge < -0.3 is 9.80 Å². The third-order valence-electron chi connectivity index (χ3n) is 5.11. The molecule has 1 aliphatic carbocycles. The Morgan fingerprint density at radius 1 is 1.25 bits per heavy atom. The second-order valence-electron chi connectivity index (χ2n) is 7.08. The molecule has 0 radical (unpaired) electrons. The van der Waals surface area contributed by atoms with Crippen molar-refractivity contribution in [3.8, 4) is 0 Å². The van der Waals surface area contributed by atoms with Gasteiger partial charge in [0.25, 0.3) is 5.91 Å². The predicted molar refractivity (Wildman–Crippen MR) is 94.6 cm³/mol. The molecule has 0 atom stereocenters. The Kier molecular flexibility index (Phi) is 3.79. The molecule has 0 saturated heterocycles. The van der Waals surface area contributed by atoms with Crippen LogP contribution in [0.2, 0.25) is 0 Å². The summed E-state index contributed by atoms with van der Waals surface area (Å²) in [6.07, 6.45) is 4.31. The zero-order valence-electron chi connectivity index (χ0n) is 14.4. The van der Waals surface area contributed by atoms with Gasteiger partial charge in [-0.15, -0.1) is 0 Å². The number of fused-ring (bicyclic) bond motifs is 1. The summed E-state index contributed by atoms with van der Waals surface area (Å²) in [7, 11) is 3.99. The number of nitrogens with zero attached hydrogens (tertiary/aromatic N) is 3. The van der Waals surface area contributed by atoms with Crippen LogP contribution in [0.3, 0.4) is 0 Å². The quantitative estimate of drug-likeness (QED) is 0.944. The van der Waals surface area contributed by atoms with E-state index in [9.17, 15) is 4.79 Å². The van der Waals surface area contributed by atoms with E-state index < -0.39 is 0 Å². The molecule has 0 unspecified atom stereocenters. The van der Waals surface area contributed by atoms with Crippen molar-refractivity contribution in [2.45, 2.75) is 31.6 Å². The number of aromatic nitrogens is 2. The standard InChI is InChI=1S/C19H24N4O/c1-22(2)15-5-3-4-14(12-15)19(24)23-10-8-16-17(9-11-23)20-21-18(16)13-6-7-13/h3-5,12-13H,6-11H2,1-2H3,(H,20,21). The fourth-order valence-electron chi connectivity index (χ4n) is 3.51. The lowest BCUT2D eigenvalue weighted by molar-refractivity contribution is 0.0762. The highest BCUT2D eigenvalue weighted by Crippen LogP contribution is 2.41. The van der Waals surface area contributed by atoms with Gasteiger partial charge in [-0.3, -0.25) is 9.89 Å². The van der Waals surface area contributed by atoms with Crippen LogP contribution in [-0.2, 0) is 12.8 Å². The van der Waals surface area contributed by atoms with Crippen molar-refractivity contribution >= 4 is 11.6 Å². The molecule has 5 heteroatoms. The lowest BCUT2D eigenvalue weighted by Gasteiger charge is -2.21. The van der Waals surface area contributed by atoms with Gasteiger partial charge in [0, 0.05) is 56.5 Å². The molecule has 1 N–H and O–H groups in total. The SMILES string of the molecule is CN(C)c1cccc(C(=O)N2CCc3[nH]nc(C4CC4)c3CC2)c1. The summed E-state index contributed by atoms with van der Waals surface area (Å²) in [6.45, 7) is 1.53. The van der Waals surface area contributed by atoms with Gasteiger partial charge >= 0.3 is 0 Å². The van der Waals surface area contributed by atoms with E-state index in [-0.39, 0.29) is 5.91 Å². The van der Waals surface area contributed by atoms with Crippen LogP contribution in [-0.4, -0.2) is 48.2 Å². The summed E-state index contributed by atoms with van der Waals surface area (Å²) >= 11 is 0. The Morgan fingerprint density at radius 3 is 2.79 bits per heavy atom. The summed E-state index contributed by atoms with van der Waals surface area (Å²) < 4.78 is 0. The van der Waals surface area contributed by atoms with E-state index in [1.165, 1.54) is 29.8 Å². The maximum atomic E-state index is 12.9. The molecular formula is C19H24N4O. The number of H-pyrrole nitrogens is 1. The number of carbonyl (C=O) groups excluding carboxylic acids is 1. The fourth-order valence-corrected chi connectivity index (χ4v) is 3.51. The summed E-state index contributed by atoms with van der Waals surface area (Å²) in [5, 5.41) is 7.74. The van der Waals surface area contributed by atoms with Crippen molar-refractivity contribution in [1.29, 1.82) is 0 Å². The van der Waals surface area contributed by atoms with E-state index in [1.54, 1.807) is 0 Å². The highest BCUT2D eigenvalue weighted by molar-refractivity contribution is 5.95. The summed E-state index contributed by atoms with van der Waals surface area (Å²) in [5.74, 6) is 0.786. The number of rotatable bonds is 3. The third-order valence-corrected chi connectivity index (χ3v) is 5.11. The molecule has 0 bridgehead atoms. The molecule has 1 aliphatic heterocycles. The molecule has 2 heterocycles. The molecule has 0 spiro atoms. The van der Waals surface area contributed by atoms with Crippen LogP contribution in [0.15, 0.2) is 24.3 Å². The molecule has 5 nitrogen and oxygen atoms in total. The van der Waals surface area contributed by atoms with Gasteiger partial charge in [0.2, 0.25) is 0 Å². The van der Waals surface area contributed by atoms with Crippen LogP contribution in [0.5, 0.6) is 0 Å². The van der Waals surface area contributed by atoms with Crippen molar-refractivity contribution in [2.75, 3.05) is 32.1 Å². The number of amides is 1. The van der Waals surface area contributed by atoms with Crippen molar-refractivity contribution in [2.24, 2.45) is 0 Å². The minimum absolute atomic E-state index is 0.129. The number of hydrogen-bond donors (Lipinski definition) is 1. The van der Waals surface area contributed by atoms with E-state index in [0.717, 1.165) is 37.2 Å². The molecule has 1 amide bonds. The lowest BCUT2D eigenvalue weighted by atomic mass is 10.1. The topological polar surface area (TPSA) is 52.2 Å². The van der Waals surface area contributed by atoms with Crippen molar-refractivity contribution < 1.29 is 4.79 Å². The first-order chi connectivity index (χ1) is 11.6. The first kappa shape index (κ1) is 15.2. The first-order valence-electron chi connectivity index (χ1n) is 8.76. The van der Waals surface area contributed by atoms with Gasteiger partial charge in [-0.25, -0.2) is 0 Å². The van der Waals surface area contributed by atoms with Gasteiger partial charge in [0.15, 0.2) is 0 Å². The molecule has 1 fully saturated rings. The molecular weight excluding hydrogens is 300 g/mol. The molecule has 4 rings (SSSR count). The van der Waals surface area contributed by atoms with Crippen LogP contribution >= 0.6 is 0 Å². The number of nitrogens with one attached hydrogen (secondary N) is 1. The minimum Gasteiger partial charge on any atom is -0.378 e. The highest BCUT2D eigenvalue weighted by Gasteiger charge is 2.31. The zero-order valence-corrected chi connectivity index (χ0v) is 14.4. The van der Waals surface area contributed by atoms with E-state index in [2.05, 4.69) is 10.2 Å². The summed E-state index contributed by atoms with van der Waals surface area (Å²) in [6, 6.07) is 7.87. The van der Waals surface area contributed by atoms with Gasteiger partial charge in [0.05, 0.1) is 5.69 Å². The zero-order chi connectivity index (χ0) is 16.7. The Hall–Kier alpha value is -2.30. The fraction of sp³-hybridized carbons (Fsp3) is 0.474. The number of anilines is 1. The number of hydrogen-bond acceptors (Lipinski definition) is 3. The first-order valence-corrected chi connectivity index (χ1v) is 8.76. The van der Waals surface area contributed by atoms with Gasteiger partial charge in [-0.05, 0) is 43.0 Å². The van der Waals surface area contributed by atoms with Crippen molar-refractivity contribution in [3.63, 3.8) is 0 Å². The van der Waals surface area contributed by atoms with Crippen LogP contribution < -0.4 is 4.90 Å². The second kappa shape index (κ2) is 5.96. The smallest absolute Gasteiger partial charge is 0.253 e. The molecule has 2 aliphatic rings. The minimum atomic E-state index is 0.129. The van der Waals surface area contributed by atoms with E-state index >= 15 is 0 Å². The average molecular weight is 324 g/mol. The predicted octanol–water partition coefficient (Wildman–Crippen LogP) is 2.59. The monoisotopic (exact) mass is 324 g/mol. The molecule has 2 aromatic rings. The molecule has 126 valence electrons. The second-order valence-corrected chi connectivity index (χ2v) is 7.08. The van der Waals surface area contributed by atoms with Crippen LogP contribution in [0.4, 0.5) is 5.69 Å². The average Bonchev–Trinajstić information content (AvgIpc) is 3.39. The Labute approximate surface area is 142 Å². The Balaban J connectivity index is 1.51. The van der Waals surface area contributed by atoms with Crippen LogP contribution in [0, 0.1) is 0 Å². The third kappa shape index (κ3) is 2.79. The van der Waals surface area contributed by atoms with Gasteiger partial charge in [-0.2, -0.15) is 5.10 Å². The summed E-state index contributed by atoms with van der Waals surface area (Å²) in [4.78, 5) is 16.9. The molecule has 24 heavy (non-hydrogen) atoms. The normalized spacial score (nSPS) is 17.3. The number of carbonyl (C=O) groups is 1. The summed E-state index contributed by atoms with van der Waals surface area (Å²) in [5.41, 5.74) is 5.69. The highest BCUT2D eigenvalue weighted by atomic mass is 16.2. The molecule has 1 aromatic carbocycles. The number of benzene rings is 1. The molecule has 1 aromatic heterocycles. The van der Waals surface area contributed by atoms with Crippen LogP contribution in [0.1, 0.15) is 46.1 Å². The van der Waals surface area contributed by atoms with Crippen molar-refractivity contribution in [1.82, 2.24) is 15.1 Å². The number of aromatic amines is 1. The Morgan fingerprint density at radius 2 is 2.04 bits per heavy atom. The van der Waals surface area contributed by atoms with Gasteiger partial charge in [0.1, 0.15) is 0 Å².